The van der Waals surface area contributed by atoms with Gasteiger partial charge in [0, 0.05) is 19.4 Å². The van der Waals surface area contributed by atoms with Crippen molar-refractivity contribution in [1.82, 2.24) is 0 Å². The van der Waals surface area contributed by atoms with Crippen molar-refractivity contribution in [2.24, 2.45) is 5.92 Å². The zero-order valence-electron chi connectivity index (χ0n) is 12.9. The van der Waals surface area contributed by atoms with E-state index in [2.05, 4.69) is 49.4 Å². The van der Waals surface area contributed by atoms with Crippen LogP contribution in [0.4, 0.5) is 0 Å². The fourth-order valence-corrected chi connectivity index (χ4v) is 3.21. The van der Waals surface area contributed by atoms with Gasteiger partial charge in [0.15, 0.2) is 0 Å². The largest absolute Gasteiger partial charge is 0.381 e. The second kappa shape index (κ2) is 6.59. The Bertz CT molecular complexity index is 593. The molecule has 2 aromatic carbocycles. The van der Waals surface area contributed by atoms with Gasteiger partial charge in [0.1, 0.15) is 0 Å². The van der Waals surface area contributed by atoms with Crippen molar-refractivity contribution in [1.29, 1.82) is 0 Å². The van der Waals surface area contributed by atoms with Crippen molar-refractivity contribution in [3.8, 4) is 0 Å². The third kappa shape index (κ3) is 3.45. The molecule has 1 fully saturated rings. The van der Waals surface area contributed by atoms with Crippen LogP contribution in [0.5, 0.6) is 0 Å². The number of methoxy groups -OCH3 is 1. The molecule has 0 saturated carbocycles. The Labute approximate surface area is 127 Å². The number of ether oxygens (including phenoxy) is 2. The molecule has 0 bridgehead atoms. The zero-order valence-corrected chi connectivity index (χ0v) is 12.9. The lowest BCUT2D eigenvalue weighted by atomic mass is 9.93. The summed E-state index contributed by atoms with van der Waals surface area (Å²) in [7, 11) is 1.81. The molecule has 0 aliphatic carbocycles. The number of hydrogen-bond donors (Lipinski definition) is 0. The van der Waals surface area contributed by atoms with Crippen molar-refractivity contribution >= 4 is 10.8 Å². The minimum absolute atomic E-state index is 0.331. The fourth-order valence-electron chi connectivity index (χ4n) is 3.21. The first-order chi connectivity index (χ1) is 10.3. The van der Waals surface area contributed by atoms with Gasteiger partial charge in [0.2, 0.25) is 0 Å². The molecular weight excluding hydrogens is 260 g/mol. The predicted molar refractivity (Wildman–Crippen MR) is 86.6 cm³/mol. The zero-order chi connectivity index (χ0) is 14.7. The number of aryl methyl sites for hydroxylation is 1. The van der Waals surface area contributed by atoms with Crippen LogP contribution in [0.3, 0.4) is 0 Å². The van der Waals surface area contributed by atoms with E-state index in [9.17, 15) is 0 Å². The summed E-state index contributed by atoms with van der Waals surface area (Å²) in [4.78, 5) is 0. The molecule has 1 aliphatic rings. The molecule has 0 radical (unpaired) electrons. The Hall–Kier alpha value is -1.38. The first-order valence-corrected chi connectivity index (χ1v) is 7.88. The van der Waals surface area contributed by atoms with E-state index in [1.165, 1.54) is 16.3 Å². The highest BCUT2D eigenvalue weighted by Crippen LogP contribution is 2.25. The first kappa shape index (κ1) is 14.6. The van der Waals surface area contributed by atoms with Crippen molar-refractivity contribution in [3.63, 3.8) is 0 Å². The second-order valence-electron chi connectivity index (χ2n) is 6.16. The van der Waals surface area contributed by atoms with E-state index in [1.807, 2.05) is 7.11 Å². The van der Waals surface area contributed by atoms with Crippen LogP contribution in [-0.2, 0) is 15.9 Å². The van der Waals surface area contributed by atoms with Gasteiger partial charge >= 0.3 is 0 Å². The Kier molecular flexibility index (Phi) is 4.57. The van der Waals surface area contributed by atoms with Crippen LogP contribution in [0.1, 0.15) is 25.3 Å². The maximum Gasteiger partial charge on any atom is 0.0643 e. The summed E-state index contributed by atoms with van der Waals surface area (Å²) in [5, 5.41) is 2.63. The Morgan fingerprint density at radius 1 is 1.14 bits per heavy atom. The van der Waals surface area contributed by atoms with Crippen LogP contribution in [-0.4, -0.2) is 25.9 Å². The molecule has 2 heteroatoms. The van der Waals surface area contributed by atoms with Crippen LogP contribution in [0, 0.1) is 5.92 Å². The van der Waals surface area contributed by atoms with E-state index in [4.69, 9.17) is 9.47 Å². The van der Waals surface area contributed by atoms with Gasteiger partial charge in [-0.3, -0.25) is 0 Å². The predicted octanol–water partition coefficient (Wildman–Crippen LogP) is 4.21. The molecule has 0 aromatic heterocycles. The average Bonchev–Trinajstić information content (AvgIpc) is 2.54. The van der Waals surface area contributed by atoms with Gasteiger partial charge in [-0.05, 0) is 29.2 Å². The maximum atomic E-state index is 5.95. The minimum atomic E-state index is 0.331. The van der Waals surface area contributed by atoms with Gasteiger partial charge in [-0.1, -0.05) is 49.4 Å². The molecule has 3 atom stereocenters. The lowest BCUT2D eigenvalue weighted by Gasteiger charge is -2.33. The molecule has 2 nitrogen and oxygen atoms in total. The van der Waals surface area contributed by atoms with Gasteiger partial charge < -0.3 is 9.47 Å². The third-order valence-electron chi connectivity index (χ3n) is 4.60. The highest BCUT2D eigenvalue weighted by molar-refractivity contribution is 5.82. The minimum Gasteiger partial charge on any atom is -0.381 e. The van der Waals surface area contributed by atoms with Crippen LogP contribution in [0.15, 0.2) is 42.5 Å². The molecule has 3 rings (SSSR count). The monoisotopic (exact) mass is 284 g/mol. The first-order valence-electron chi connectivity index (χ1n) is 7.88. The molecule has 1 heterocycles. The molecule has 2 aromatic rings. The van der Waals surface area contributed by atoms with E-state index in [0.717, 1.165) is 25.9 Å². The number of fused-ring (bicyclic) bond motifs is 1. The molecule has 0 amide bonds. The van der Waals surface area contributed by atoms with Crippen LogP contribution < -0.4 is 0 Å². The van der Waals surface area contributed by atoms with Crippen molar-refractivity contribution < 1.29 is 9.47 Å². The van der Waals surface area contributed by atoms with E-state index in [-0.39, 0.29) is 0 Å². The number of hydrogen-bond acceptors (Lipinski definition) is 2. The summed E-state index contributed by atoms with van der Waals surface area (Å²) in [6.45, 7) is 3.02. The smallest absolute Gasteiger partial charge is 0.0643 e. The summed E-state index contributed by atoms with van der Waals surface area (Å²) >= 11 is 0. The van der Waals surface area contributed by atoms with E-state index >= 15 is 0 Å². The molecule has 1 aliphatic heterocycles. The van der Waals surface area contributed by atoms with Gasteiger partial charge in [-0.15, -0.1) is 0 Å². The third-order valence-corrected chi connectivity index (χ3v) is 4.60. The SMILES string of the molecule is CO[C@H]1C[C@H](CCc2ccc3ccccc3c2)OC[C@@H]1C. The molecule has 21 heavy (non-hydrogen) atoms. The molecule has 0 unspecified atom stereocenters. The molecule has 1 saturated heterocycles. The number of rotatable bonds is 4. The van der Waals surface area contributed by atoms with Gasteiger partial charge in [-0.2, -0.15) is 0 Å². The topological polar surface area (TPSA) is 18.5 Å². The summed E-state index contributed by atoms with van der Waals surface area (Å²) in [5.74, 6) is 0.506. The van der Waals surface area contributed by atoms with Crippen LogP contribution >= 0.6 is 0 Å². The highest BCUT2D eigenvalue weighted by atomic mass is 16.5. The summed E-state index contributed by atoms with van der Waals surface area (Å²) < 4.78 is 11.5. The Balaban J connectivity index is 1.61. The van der Waals surface area contributed by atoms with Crippen molar-refractivity contribution in [2.75, 3.05) is 13.7 Å². The molecular formula is C19H24O2. The van der Waals surface area contributed by atoms with Crippen molar-refractivity contribution in [3.05, 3.63) is 48.0 Å². The van der Waals surface area contributed by atoms with Crippen LogP contribution in [0.25, 0.3) is 10.8 Å². The van der Waals surface area contributed by atoms with Gasteiger partial charge in [-0.25, -0.2) is 0 Å². The highest BCUT2D eigenvalue weighted by Gasteiger charge is 2.27. The summed E-state index contributed by atoms with van der Waals surface area (Å²) in [6, 6.07) is 15.3. The fraction of sp³-hybridized carbons (Fsp3) is 0.474. The lowest BCUT2D eigenvalue weighted by Crippen LogP contribution is -2.37. The summed E-state index contributed by atoms with van der Waals surface area (Å²) in [6.07, 6.45) is 3.84. The molecule has 0 N–H and O–H groups in total. The average molecular weight is 284 g/mol. The molecule has 0 spiro atoms. The normalized spacial score (nSPS) is 26.1. The number of benzene rings is 2. The maximum absolute atomic E-state index is 5.95. The summed E-state index contributed by atoms with van der Waals surface area (Å²) in [5.41, 5.74) is 1.39. The van der Waals surface area contributed by atoms with E-state index in [1.54, 1.807) is 0 Å². The second-order valence-corrected chi connectivity index (χ2v) is 6.16. The molecule has 112 valence electrons. The van der Waals surface area contributed by atoms with E-state index < -0.39 is 0 Å². The van der Waals surface area contributed by atoms with Gasteiger partial charge in [0.05, 0.1) is 18.8 Å². The lowest BCUT2D eigenvalue weighted by molar-refractivity contribution is -0.0936. The standard InChI is InChI=1S/C19H24O2/c1-14-13-21-18(12-19(14)20-2)10-8-15-7-9-16-5-3-4-6-17(16)11-15/h3-7,9,11,14,18-19H,8,10,12-13H2,1-2H3/t14-,18-,19-/m0/s1. The van der Waals surface area contributed by atoms with Crippen LogP contribution in [0.2, 0.25) is 0 Å². The Morgan fingerprint density at radius 2 is 1.95 bits per heavy atom. The van der Waals surface area contributed by atoms with Crippen molar-refractivity contribution in [2.45, 2.75) is 38.4 Å². The Morgan fingerprint density at radius 3 is 2.76 bits per heavy atom. The van der Waals surface area contributed by atoms with E-state index in [0.29, 0.717) is 18.1 Å². The van der Waals surface area contributed by atoms with Gasteiger partial charge in [0.25, 0.3) is 0 Å². The quantitative estimate of drug-likeness (QED) is 0.837.